The molecule has 0 saturated carbocycles. The molecule has 1 aliphatic heterocycles. The fourth-order valence-electron chi connectivity index (χ4n) is 3.66. The van der Waals surface area contributed by atoms with Crippen LogP contribution in [0.2, 0.25) is 0 Å². The SMILES string of the molecule is CSc1ccccc1C(=O)[C@@H]1CCCN(Cc2nc3ccccc3s2)C1. The minimum absolute atomic E-state index is 0.0893. The monoisotopic (exact) mass is 382 g/mol. The maximum atomic E-state index is 13.1. The number of rotatable bonds is 5. The first-order chi connectivity index (χ1) is 12.7. The number of thioether (sulfide) groups is 1. The van der Waals surface area contributed by atoms with Gasteiger partial charge in [0.25, 0.3) is 0 Å². The second kappa shape index (κ2) is 7.91. The van der Waals surface area contributed by atoms with Crippen LogP contribution in [0, 0.1) is 5.92 Å². The minimum atomic E-state index is 0.0893. The number of likely N-dealkylation sites (tertiary alicyclic amines) is 1. The number of carbonyl (C=O) groups is 1. The summed E-state index contributed by atoms with van der Waals surface area (Å²) in [5.41, 5.74) is 1.96. The molecule has 26 heavy (non-hydrogen) atoms. The van der Waals surface area contributed by atoms with Gasteiger partial charge in [0.1, 0.15) is 5.01 Å². The summed E-state index contributed by atoms with van der Waals surface area (Å²) in [4.78, 5) is 21.3. The molecule has 0 unspecified atom stereocenters. The number of fused-ring (bicyclic) bond motifs is 1. The first-order valence-corrected chi connectivity index (χ1v) is 11.0. The molecule has 2 heterocycles. The summed E-state index contributed by atoms with van der Waals surface area (Å²) in [6.45, 7) is 2.72. The van der Waals surface area contributed by atoms with Gasteiger partial charge in [-0.05, 0) is 43.8 Å². The Morgan fingerprint density at radius 3 is 2.88 bits per heavy atom. The zero-order chi connectivity index (χ0) is 17.9. The molecule has 1 fully saturated rings. The van der Waals surface area contributed by atoms with Crippen molar-refractivity contribution in [3.05, 3.63) is 59.1 Å². The lowest BCUT2D eigenvalue weighted by Gasteiger charge is -2.31. The number of aromatic nitrogens is 1. The molecule has 0 spiro atoms. The Hall–Kier alpha value is -1.69. The van der Waals surface area contributed by atoms with Gasteiger partial charge in [-0.25, -0.2) is 4.98 Å². The number of piperidine rings is 1. The Labute approximate surface area is 162 Å². The number of hydrogen-bond acceptors (Lipinski definition) is 5. The molecule has 0 amide bonds. The van der Waals surface area contributed by atoms with Crippen LogP contribution in [0.3, 0.4) is 0 Å². The molecule has 2 aromatic carbocycles. The van der Waals surface area contributed by atoms with E-state index in [0.717, 1.165) is 53.5 Å². The van der Waals surface area contributed by atoms with E-state index in [1.54, 1.807) is 23.1 Å². The van der Waals surface area contributed by atoms with E-state index in [1.165, 1.54) is 4.70 Å². The lowest BCUT2D eigenvalue weighted by atomic mass is 9.90. The van der Waals surface area contributed by atoms with Crippen molar-refractivity contribution in [3.8, 4) is 0 Å². The Balaban J connectivity index is 1.47. The molecular formula is C21H22N2OS2. The van der Waals surface area contributed by atoms with Gasteiger partial charge in [-0.2, -0.15) is 0 Å². The van der Waals surface area contributed by atoms with E-state index in [9.17, 15) is 4.79 Å². The van der Waals surface area contributed by atoms with Crippen LogP contribution in [0.5, 0.6) is 0 Å². The smallest absolute Gasteiger partial charge is 0.168 e. The molecule has 134 valence electrons. The lowest BCUT2D eigenvalue weighted by molar-refractivity contribution is 0.0808. The van der Waals surface area contributed by atoms with E-state index in [1.807, 2.05) is 36.6 Å². The van der Waals surface area contributed by atoms with Gasteiger partial charge in [0.15, 0.2) is 5.78 Å². The van der Waals surface area contributed by atoms with Gasteiger partial charge in [0.2, 0.25) is 0 Å². The fraction of sp³-hybridized carbons (Fsp3) is 0.333. The van der Waals surface area contributed by atoms with Gasteiger partial charge in [0, 0.05) is 22.9 Å². The van der Waals surface area contributed by atoms with Crippen molar-refractivity contribution in [1.82, 2.24) is 9.88 Å². The van der Waals surface area contributed by atoms with E-state index in [2.05, 4.69) is 23.1 Å². The summed E-state index contributed by atoms with van der Waals surface area (Å²) in [5.74, 6) is 0.385. The quantitative estimate of drug-likeness (QED) is 0.453. The van der Waals surface area contributed by atoms with Crippen LogP contribution in [0.4, 0.5) is 0 Å². The molecule has 0 bridgehead atoms. The molecule has 5 heteroatoms. The van der Waals surface area contributed by atoms with Gasteiger partial charge >= 0.3 is 0 Å². The number of nitrogens with zero attached hydrogens (tertiary/aromatic N) is 2. The third-order valence-electron chi connectivity index (χ3n) is 4.95. The molecule has 1 aliphatic rings. The number of hydrogen-bond donors (Lipinski definition) is 0. The van der Waals surface area contributed by atoms with E-state index in [0.29, 0.717) is 5.78 Å². The first-order valence-electron chi connectivity index (χ1n) is 8.98. The molecular weight excluding hydrogens is 360 g/mol. The number of para-hydroxylation sites is 1. The molecule has 0 aliphatic carbocycles. The van der Waals surface area contributed by atoms with Gasteiger partial charge < -0.3 is 0 Å². The van der Waals surface area contributed by atoms with E-state index >= 15 is 0 Å². The second-order valence-electron chi connectivity index (χ2n) is 6.71. The van der Waals surface area contributed by atoms with E-state index in [4.69, 9.17) is 4.98 Å². The Morgan fingerprint density at radius 2 is 2.04 bits per heavy atom. The molecule has 3 aromatic rings. The zero-order valence-electron chi connectivity index (χ0n) is 14.9. The maximum Gasteiger partial charge on any atom is 0.168 e. The minimum Gasteiger partial charge on any atom is -0.296 e. The summed E-state index contributed by atoms with van der Waals surface area (Å²) >= 11 is 3.41. The van der Waals surface area contributed by atoms with Crippen LogP contribution in [0.1, 0.15) is 28.2 Å². The number of carbonyl (C=O) groups excluding carboxylic acids is 1. The largest absolute Gasteiger partial charge is 0.296 e. The normalized spacial score (nSPS) is 18.3. The Kier molecular flexibility index (Phi) is 5.38. The number of ketones is 1. The van der Waals surface area contributed by atoms with Gasteiger partial charge in [-0.15, -0.1) is 23.1 Å². The Bertz CT molecular complexity index is 888. The molecule has 1 atom stereocenters. The van der Waals surface area contributed by atoms with Crippen molar-refractivity contribution in [2.24, 2.45) is 5.92 Å². The molecule has 1 saturated heterocycles. The van der Waals surface area contributed by atoms with Crippen molar-refractivity contribution in [3.63, 3.8) is 0 Å². The Morgan fingerprint density at radius 1 is 1.23 bits per heavy atom. The molecule has 0 radical (unpaired) electrons. The zero-order valence-corrected chi connectivity index (χ0v) is 16.5. The average Bonchev–Trinajstić information content (AvgIpc) is 3.09. The number of benzene rings is 2. The summed E-state index contributed by atoms with van der Waals surface area (Å²) in [6.07, 6.45) is 4.09. The van der Waals surface area contributed by atoms with Crippen LogP contribution >= 0.6 is 23.1 Å². The highest BCUT2D eigenvalue weighted by atomic mass is 32.2. The average molecular weight is 383 g/mol. The summed E-state index contributed by atoms with van der Waals surface area (Å²) < 4.78 is 1.24. The number of thiazole rings is 1. The van der Waals surface area contributed by atoms with Crippen molar-refractivity contribution < 1.29 is 4.79 Å². The molecule has 0 N–H and O–H groups in total. The van der Waals surface area contributed by atoms with Gasteiger partial charge in [0.05, 0.1) is 16.8 Å². The van der Waals surface area contributed by atoms with Crippen molar-refractivity contribution >= 4 is 39.1 Å². The molecule has 3 nitrogen and oxygen atoms in total. The topological polar surface area (TPSA) is 33.2 Å². The standard InChI is InChI=1S/C21H22N2OS2/c1-25-18-10-4-2-8-16(18)21(24)15-7-6-12-23(13-15)14-20-22-17-9-3-5-11-19(17)26-20/h2-5,8-11,15H,6-7,12-14H2,1H3/t15-/m1/s1. The van der Waals surface area contributed by atoms with Gasteiger partial charge in [-0.3, -0.25) is 9.69 Å². The van der Waals surface area contributed by atoms with E-state index in [-0.39, 0.29) is 5.92 Å². The third-order valence-corrected chi connectivity index (χ3v) is 6.76. The van der Waals surface area contributed by atoms with Crippen LogP contribution in [0.15, 0.2) is 53.4 Å². The van der Waals surface area contributed by atoms with Crippen molar-refractivity contribution in [1.29, 1.82) is 0 Å². The van der Waals surface area contributed by atoms with Gasteiger partial charge in [-0.1, -0.05) is 30.3 Å². The molecule has 4 rings (SSSR count). The second-order valence-corrected chi connectivity index (χ2v) is 8.68. The highest BCUT2D eigenvalue weighted by molar-refractivity contribution is 7.98. The van der Waals surface area contributed by atoms with E-state index < -0.39 is 0 Å². The first kappa shape index (κ1) is 17.7. The van der Waals surface area contributed by atoms with Crippen molar-refractivity contribution in [2.75, 3.05) is 19.3 Å². The highest BCUT2D eigenvalue weighted by Gasteiger charge is 2.28. The van der Waals surface area contributed by atoms with Crippen LogP contribution < -0.4 is 0 Å². The predicted molar refractivity (Wildman–Crippen MR) is 110 cm³/mol. The summed E-state index contributed by atoms with van der Waals surface area (Å²) in [7, 11) is 0. The third kappa shape index (κ3) is 3.70. The van der Waals surface area contributed by atoms with Crippen LogP contribution in [0.25, 0.3) is 10.2 Å². The summed E-state index contributed by atoms with van der Waals surface area (Å²) in [6, 6.07) is 16.3. The fourth-order valence-corrected chi connectivity index (χ4v) is 5.27. The summed E-state index contributed by atoms with van der Waals surface area (Å²) in [5, 5.41) is 1.14. The van der Waals surface area contributed by atoms with Crippen LogP contribution in [-0.4, -0.2) is 35.0 Å². The molecule has 1 aromatic heterocycles. The van der Waals surface area contributed by atoms with Crippen LogP contribution in [-0.2, 0) is 6.54 Å². The number of Topliss-reactive ketones (excluding diaryl/α,β-unsaturated/α-hetero) is 1. The van der Waals surface area contributed by atoms with Crippen molar-refractivity contribution in [2.45, 2.75) is 24.3 Å². The maximum absolute atomic E-state index is 13.1. The highest BCUT2D eigenvalue weighted by Crippen LogP contribution is 2.28. The predicted octanol–water partition coefficient (Wildman–Crippen LogP) is 5.11. The lowest BCUT2D eigenvalue weighted by Crippen LogP contribution is -2.38.